The Balaban J connectivity index is 1.70. The van der Waals surface area contributed by atoms with Gasteiger partial charge in [-0.1, -0.05) is 5.16 Å². The van der Waals surface area contributed by atoms with E-state index >= 15 is 0 Å². The maximum absolute atomic E-state index is 6.24. The molecule has 1 fully saturated rings. The Kier molecular flexibility index (Phi) is 2.92. The number of rotatable bonds is 3. The van der Waals surface area contributed by atoms with Crippen LogP contribution in [0.15, 0.2) is 16.9 Å². The van der Waals surface area contributed by atoms with Crippen LogP contribution in [0.2, 0.25) is 0 Å². The van der Waals surface area contributed by atoms with E-state index in [1.165, 1.54) is 11.3 Å². The van der Waals surface area contributed by atoms with Crippen LogP contribution in [-0.4, -0.2) is 24.9 Å². The second kappa shape index (κ2) is 4.72. The summed E-state index contributed by atoms with van der Waals surface area (Å²) in [6, 6.07) is 0. The summed E-state index contributed by atoms with van der Waals surface area (Å²) < 4.78 is 7.17. The average molecular weight is 316 g/mol. The van der Waals surface area contributed by atoms with E-state index in [1.807, 2.05) is 20.2 Å². The second-order valence-electron chi connectivity index (χ2n) is 5.77. The standard InChI is InChI=1S/C14H16N6OS/c1-8-10(22-12(17-8)9-6-16-20(2)7-9)11-18-13(19-21-11)14(15)4-3-5-14/h6-7H,3-5,15H2,1-2H3. The number of thiazole rings is 1. The van der Waals surface area contributed by atoms with Gasteiger partial charge in [-0.2, -0.15) is 10.1 Å². The molecular weight excluding hydrogens is 300 g/mol. The molecule has 114 valence electrons. The lowest BCUT2D eigenvalue weighted by Crippen LogP contribution is -2.44. The summed E-state index contributed by atoms with van der Waals surface area (Å²) in [4.78, 5) is 9.97. The molecule has 0 atom stereocenters. The van der Waals surface area contributed by atoms with Gasteiger partial charge in [0.1, 0.15) is 9.88 Å². The molecule has 0 spiro atoms. The number of hydrogen-bond donors (Lipinski definition) is 1. The van der Waals surface area contributed by atoms with Crippen molar-refractivity contribution in [1.82, 2.24) is 24.9 Å². The van der Waals surface area contributed by atoms with Crippen molar-refractivity contribution in [2.75, 3.05) is 0 Å². The minimum atomic E-state index is -0.410. The zero-order valence-electron chi connectivity index (χ0n) is 12.4. The van der Waals surface area contributed by atoms with E-state index in [1.54, 1.807) is 10.9 Å². The summed E-state index contributed by atoms with van der Waals surface area (Å²) in [6.07, 6.45) is 6.67. The average Bonchev–Trinajstić information content (AvgIpc) is 3.15. The van der Waals surface area contributed by atoms with Crippen molar-refractivity contribution in [2.45, 2.75) is 31.7 Å². The van der Waals surface area contributed by atoms with Gasteiger partial charge in [0, 0.05) is 18.8 Å². The summed E-state index contributed by atoms with van der Waals surface area (Å²) >= 11 is 1.53. The van der Waals surface area contributed by atoms with Crippen molar-refractivity contribution < 1.29 is 4.52 Å². The quantitative estimate of drug-likeness (QED) is 0.796. The van der Waals surface area contributed by atoms with Gasteiger partial charge >= 0.3 is 0 Å². The van der Waals surface area contributed by atoms with E-state index in [0.717, 1.165) is 40.4 Å². The first-order chi connectivity index (χ1) is 10.5. The van der Waals surface area contributed by atoms with Gasteiger partial charge in [-0.25, -0.2) is 4.98 Å². The molecule has 1 aliphatic rings. The SMILES string of the molecule is Cc1nc(-c2cnn(C)c2)sc1-c1nc(C2(N)CCC2)no1. The molecule has 0 aromatic carbocycles. The fourth-order valence-corrected chi connectivity index (χ4v) is 3.51. The molecule has 22 heavy (non-hydrogen) atoms. The Morgan fingerprint density at radius 2 is 2.18 bits per heavy atom. The van der Waals surface area contributed by atoms with Crippen LogP contribution in [0.1, 0.15) is 30.8 Å². The monoisotopic (exact) mass is 316 g/mol. The number of hydrogen-bond acceptors (Lipinski definition) is 7. The highest BCUT2D eigenvalue weighted by Crippen LogP contribution is 2.39. The first kappa shape index (κ1) is 13.6. The molecule has 0 amide bonds. The van der Waals surface area contributed by atoms with Gasteiger partial charge in [-0.3, -0.25) is 4.68 Å². The first-order valence-corrected chi connectivity index (χ1v) is 7.97. The van der Waals surface area contributed by atoms with E-state index in [9.17, 15) is 0 Å². The van der Waals surface area contributed by atoms with Gasteiger partial charge in [0.2, 0.25) is 0 Å². The number of nitrogens with two attached hydrogens (primary N) is 1. The fraction of sp³-hybridized carbons (Fsp3) is 0.429. The first-order valence-electron chi connectivity index (χ1n) is 7.15. The minimum absolute atomic E-state index is 0.410. The van der Waals surface area contributed by atoms with Crippen molar-refractivity contribution in [3.05, 3.63) is 23.9 Å². The molecule has 0 saturated heterocycles. The maximum Gasteiger partial charge on any atom is 0.270 e. The summed E-state index contributed by atoms with van der Waals surface area (Å²) in [6.45, 7) is 1.94. The van der Waals surface area contributed by atoms with E-state index in [-0.39, 0.29) is 0 Å². The molecule has 2 N–H and O–H groups in total. The summed E-state index contributed by atoms with van der Waals surface area (Å²) in [5, 5.41) is 9.13. The van der Waals surface area contributed by atoms with E-state index in [0.29, 0.717) is 11.7 Å². The number of aromatic nitrogens is 5. The molecule has 4 rings (SSSR count). The third-order valence-electron chi connectivity index (χ3n) is 4.06. The topological polar surface area (TPSA) is 95.7 Å². The predicted molar refractivity (Wildman–Crippen MR) is 82.1 cm³/mol. The molecule has 7 nitrogen and oxygen atoms in total. The van der Waals surface area contributed by atoms with Crippen LogP contribution >= 0.6 is 11.3 Å². The predicted octanol–water partition coefficient (Wildman–Crippen LogP) is 2.24. The van der Waals surface area contributed by atoms with Crippen LogP contribution < -0.4 is 5.73 Å². The van der Waals surface area contributed by atoms with Crippen molar-refractivity contribution >= 4 is 11.3 Å². The zero-order chi connectivity index (χ0) is 15.3. The highest BCUT2D eigenvalue weighted by molar-refractivity contribution is 7.18. The Labute approximate surface area is 131 Å². The number of nitrogens with zero attached hydrogens (tertiary/aromatic N) is 5. The zero-order valence-corrected chi connectivity index (χ0v) is 13.2. The molecule has 1 aliphatic carbocycles. The van der Waals surface area contributed by atoms with Crippen LogP contribution in [-0.2, 0) is 12.6 Å². The lowest BCUT2D eigenvalue weighted by Gasteiger charge is -2.34. The van der Waals surface area contributed by atoms with Crippen molar-refractivity contribution in [1.29, 1.82) is 0 Å². The molecule has 1 saturated carbocycles. The highest BCUT2D eigenvalue weighted by atomic mass is 32.1. The summed E-state index contributed by atoms with van der Waals surface area (Å²) in [7, 11) is 1.88. The smallest absolute Gasteiger partial charge is 0.270 e. The van der Waals surface area contributed by atoms with Gasteiger partial charge in [-0.05, 0) is 26.2 Å². The van der Waals surface area contributed by atoms with Gasteiger partial charge in [-0.15, -0.1) is 11.3 Å². The van der Waals surface area contributed by atoms with Crippen molar-refractivity contribution in [3.63, 3.8) is 0 Å². The van der Waals surface area contributed by atoms with Crippen LogP contribution in [0, 0.1) is 6.92 Å². The van der Waals surface area contributed by atoms with Gasteiger partial charge < -0.3 is 10.3 Å². The maximum atomic E-state index is 6.24. The normalized spacial score (nSPS) is 16.7. The van der Waals surface area contributed by atoms with E-state index in [2.05, 4.69) is 20.2 Å². The number of aryl methyl sites for hydroxylation is 2. The molecule has 3 aromatic heterocycles. The molecular formula is C14H16N6OS. The van der Waals surface area contributed by atoms with Crippen LogP contribution in [0.25, 0.3) is 21.3 Å². The van der Waals surface area contributed by atoms with Gasteiger partial charge in [0.15, 0.2) is 5.82 Å². The molecule has 3 aromatic rings. The lowest BCUT2D eigenvalue weighted by atomic mass is 9.77. The van der Waals surface area contributed by atoms with Crippen LogP contribution in [0.4, 0.5) is 0 Å². The Bertz CT molecular complexity index is 828. The lowest BCUT2D eigenvalue weighted by molar-refractivity contribution is 0.229. The highest BCUT2D eigenvalue weighted by Gasteiger charge is 2.39. The third kappa shape index (κ3) is 2.06. The molecule has 8 heteroatoms. The summed E-state index contributed by atoms with van der Waals surface area (Å²) in [5.41, 5.74) is 7.69. The third-order valence-corrected chi connectivity index (χ3v) is 5.25. The summed E-state index contributed by atoms with van der Waals surface area (Å²) in [5.74, 6) is 1.10. The Hall–Kier alpha value is -2.06. The molecule has 0 bridgehead atoms. The molecule has 0 unspecified atom stereocenters. The molecule has 0 aliphatic heterocycles. The van der Waals surface area contributed by atoms with Gasteiger partial charge in [0.05, 0.1) is 17.4 Å². The van der Waals surface area contributed by atoms with Crippen molar-refractivity contribution in [2.24, 2.45) is 12.8 Å². The van der Waals surface area contributed by atoms with Crippen LogP contribution in [0.3, 0.4) is 0 Å². The van der Waals surface area contributed by atoms with Crippen LogP contribution in [0.5, 0.6) is 0 Å². The van der Waals surface area contributed by atoms with E-state index < -0.39 is 5.54 Å². The van der Waals surface area contributed by atoms with Gasteiger partial charge in [0.25, 0.3) is 5.89 Å². The van der Waals surface area contributed by atoms with Crippen molar-refractivity contribution in [3.8, 4) is 21.3 Å². The molecule has 0 radical (unpaired) electrons. The van der Waals surface area contributed by atoms with E-state index in [4.69, 9.17) is 10.3 Å². The Morgan fingerprint density at radius 1 is 1.36 bits per heavy atom. The largest absolute Gasteiger partial charge is 0.333 e. The Morgan fingerprint density at radius 3 is 2.82 bits per heavy atom. The fourth-order valence-electron chi connectivity index (χ4n) is 2.55. The molecule has 3 heterocycles. The second-order valence-corrected chi connectivity index (χ2v) is 6.77. The minimum Gasteiger partial charge on any atom is -0.333 e.